The normalized spacial score (nSPS) is 10.3. The van der Waals surface area contributed by atoms with Gasteiger partial charge in [-0.3, -0.25) is 5.21 Å². The van der Waals surface area contributed by atoms with Gasteiger partial charge >= 0.3 is 0 Å². The molecule has 3 heteroatoms. The fourth-order valence-electron chi connectivity index (χ4n) is 1.47. The number of aromatic nitrogens is 2. The van der Waals surface area contributed by atoms with Gasteiger partial charge in [0, 0.05) is 23.1 Å². The first-order valence-corrected chi connectivity index (χ1v) is 4.81. The van der Waals surface area contributed by atoms with E-state index in [-0.39, 0.29) is 0 Å². The van der Waals surface area contributed by atoms with Gasteiger partial charge in [0.25, 0.3) is 5.69 Å². The average Bonchev–Trinajstić information content (AvgIpc) is 2.22. The highest BCUT2D eigenvalue weighted by Crippen LogP contribution is 2.14. The van der Waals surface area contributed by atoms with Gasteiger partial charge in [0.05, 0.1) is 0 Å². The molecular formula is C12H13N2O+. The van der Waals surface area contributed by atoms with Gasteiger partial charge in [-0.05, 0) is 37.1 Å². The highest BCUT2D eigenvalue weighted by Gasteiger charge is 2.13. The molecule has 0 saturated carbocycles. The Labute approximate surface area is 88.6 Å². The molecule has 76 valence electrons. The van der Waals surface area contributed by atoms with Crippen LogP contribution in [0.5, 0.6) is 0 Å². The van der Waals surface area contributed by atoms with Crippen LogP contribution in [0.2, 0.25) is 0 Å². The summed E-state index contributed by atoms with van der Waals surface area (Å²) >= 11 is 0. The van der Waals surface area contributed by atoms with Gasteiger partial charge in [0.15, 0.2) is 0 Å². The zero-order chi connectivity index (χ0) is 10.8. The molecule has 0 bridgehead atoms. The molecule has 3 nitrogen and oxygen atoms in total. The second-order valence-electron chi connectivity index (χ2n) is 3.65. The van der Waals surface area contributed by atoms with E-state index >= 15 is 0 Å². The minimum Gasteiger partial charge on any atom is -0.284 e. The van der Waals surface area contributed by atoms with Crippen LogP contribution in [0, 0.1) is 13.8 Å². The molecule has 1 N–H and O–H groups in total. The summed E-state index contributed by atoms with van der Waals surface area (Å²) in [5, 5.41) is 9.66. The molecule has 0 spiro atoms. The van der Waals surface area contributed by atoms with Crippen LogP contribution in [0.1, 0.15) is 11.1 Å². The zero-order valence-electron chi connectivity index (χ0n) is 8.81. The van der Waals surface area contributed by atoms with Crippen LogP contribution in [0.4, 0.5) is 0 Å². The molecular weight excluding hydrogens is 188 g/mol. The van der Waals surface area contributed by atoms with Crippen molar-refractivity contribution in [1.82, 2.24) is 4.98 Å². The summed E-state index contributed by atoms with van der Waals surface area (Å²) in [6, 6.07) is 7.63. The maximum absolute atomic E-state index is 9.66. The number of rotatable bonds is 1. The summed E-state index contributed by atoms with van der Waals surface area (Å²) in [7, 11) is 0. The van der Waals surface area contributed by atoms with E-state index in [4.69, 9.17) is 0 Å². The minimum absolute atomic E-state index is 0.707. The van der Waals surface area contributed by atoms with E-state index in [0.29, 0.717) is 5.69 Å². The van der Waals surface area contributed by atoms with Crippen molar-refractivity contribution in [1.29, 1.82) is 0 Å². The highest BCUT2D eigenvalue weighted by atomic mass is 16.5. The van der Waals surface area contributed by atoms with Crippen LogP contribution in [0.15, 0.2) is 36.7 Å². The van der Waals surface area contributed by atoms with E-state index in [9.17, 15) is 5.21 Å². The van der Waals surface area contributed by atoms with Crippen LogP contribution in [0.3, 0.4) is 0 Å². The first-order chi connectivity index (χ1) is 7.16. The number of pyridine rings is 2. The van der Waals surface area contributed by atoms with E-state index in [1.54, 1.807) is 12.4 Å². The number of hydrogen-bond acceptors (Lipinski definition) is 2. The molecule has 0 aliphatic rings. The van der Waals surface area contributed by atoms with Gasteiger partial charge in [-0.15, -0.1) is 0 Å². The van der Waals surface area contributed by atoms with Crippen molar-refractivity contribution in [2.24, 2.45) is 0 Å². The molecule has 2 rings (SSSR count). The van der Waals surface area contributed by atoms with Crippen molar-refractivity contribution in [3.05, 3.63) is 47.8 Å². The Balaban J connectivity index is 2.58. The smallest absolute Gasteiger partial charge is 0.282 e. The zero-order valence-corrected chi connectivity index (χ0v) is 8.81. The first kappa shape index (κ1) is 9.65. The molecule has 0 aliphatic carbocycles. The summed E-state index contributed by atoms with van der Waals surface area (Å²) < 4.78 is 1.09. The number of nitrogens with zero attached hydrogens (tertiary/aromatic N) is 2. The molecule has 0 fully saturated rings. The second kappa shape index (κ2) is 3.69. The van der Waals surface area contributed by atoms with Crippen LogP contribution in [-0.4, -0.2) is 10.2 Å². The fraction of sp³-hybridized carbons (Fsp3) is 0.167. The maximum atomic E-state index is 9.66. The summed E-state index contributed by atoms with van der Waals surface area (Å²) in [4.78, 5) is 4.23. The molecule has 0 radical (unpaired) electrons. The molecule has 2 heterocycles. The molecule has 0 saturated heterocycles. The topological polar surface area (TPSA) is 37.0 Å². The van der Waals surface area contributed by atoms with E-state index in [0.717, 1.165) is 21.6 Å². The lowest BCUT2D eigenvalue weighted by Crippen LogP contribution is -2.32. The quantitative estimate of drug-likeness (QED) is 0.565. The summed E-state index contributed by atoms with van der Waals surface area (Å²) in [6.45, 7) is 3.99. The third-order valence-electron chi connectivity index (χ3n) is 2.27. The van der Waals surface area contributed by atoms with Crippen LogP contribution in [0.25, 0.3) is 11.4 Å². The Kier molecular flexibility index (Phi) is 2.37. The Morgan fingerprint density at radius 3 is 2.60 bits per heavy atom. The lowest BCUT2D eigenvalue weighted by Gasteiger charge is -1.98. The largest absolute Gasteiger partial charge is 0.284 e. The summed E-state index contributed by atoms with van der Waals surface area (Å²) in [5.74, 6) is 0. The van der Waals surface area contributed by atoms with Crippen molar-refractivity contribution < 1.29 is 9.94 Å². The minimum atomic E-state index is 0.707. The van der Waals surface area contributed by atoms with E-state index in [1.807, 2.05) is 38.1 Å². The van der Waals surface area contributed by atoms with Crippen LogP contribution < -0.4 is 4.73 Å². The molecule has 0 aliphatic heterocycles. The third kappa shape index (κ3) is 1.96. The summed E-state index contributed by atoms with van der Waals surface area (Å²) in [6.07, 6.45) is 3.36. The molecule has 0 aromatic carbocycles. The molecule has 0 unspecified atom stereocenters. The van der Waals surface area contributed by atoms with E-state index in [2.05, 4.69) is 4.98 Å². The first-order valence-electron chi connectivity index (χ1n) is 4.81. The highest BCUT2D eigenvalue weighted by molar-refractivity contribution is 5.52. The van der Waals surface area contributed by atoms with Gasteiger partial charge in [0.1, 0.15) is 5.69 Å². The second-order valence-corrected chi connectivity index (χ2v) is 3.65. The molecule has 2 aromatic heterocycles. The van der Waals surface area contributed by atoms with Crippen molar-refractivity contribution >= 4 is 0 Å². The van der Waals surface area contributed by atoms with Gasteiger partial charge in [-0.2, -0.15) is 0 Å². The lowest BCUT2D eigenvalue weighted by atomic mass is 10.1. The number of aryl methyl sites for hydroxylation is 2. The van der Waals surface area contributed by atoms with E-state index < -0.39 is 0 Å². The predicted molar refractivity (Wildman–Crippen MR) is 56.5 cm³/mol. The third-order valence-corrected chi connectivity index (χ3v) is 2.27. The molecule has 0 atom stereocenters. The predicted octanol–water partition coefficient (Wildman–Crippen LogP) is 1.89. The van der Waals surface area contributed by atoms with Crippen molar-refractivity contribution in [3.63, 3.8) is 0 Å². The van der Waals surface area contributed by atoms with Crippen LogP contribution >= 0.6 is 0 Å². The SMILES string of the molecule is Cc1ccnc(-c2cc(C)cc[n+]2O)c1. The standard InChI is InChI=1S/C12H13N2O/c1-9-3-5-13-11(7-9)12-8-10(2)4-6-14(12)15/h3-8,15H,1-2H3/q+1. The molecule has 2 aromatic rings. The van der Waals surface area contributed by atoms with Gasteiger partial charge in [-0.1, -0.05) is 0 Å². The maximum Gasteiger partial charge on any atom is 0.282 e. The van der Waals surface area contributed by atoms with Gasteiger partial charge < -0.3 is 0 Å². The summed E-state index contributed by atoms with van der Waals surface area (Å²) in [5.41, 5.74) is 3.71. The van der Waals surface area contributed by atoms with Crippen LogP contribution in [-0.2, 0) is 0 Å². The van der Waals surface area contributed by atoms with Crippen molar-refractivity contribution in [2.45, 2.75) is 13.8 Å². The fourth-order valence-corrected chi connectivity index (χ4v) is 1.47. The van der Waals surface area contributed by atoms with Crippen molar-refractivity contribution in [3.8, 4) is 11.4 Å². The number of hydrogen-bond donors (Lipinski definition) is 1. The van der Waals surface area contributed by atoms with E-state index in [1.165, 1.54) is 0 Å². The molecule has 0 amide bonds. The Morgan fingerprint density at radius 2 is 1.87 bits per heavy atom. The van der Waals surface area contributed by atoms with Gasteiger partial charge in [0.2, 0.25) is 6.20 Å². The monoisotopic (exact) mass is 201 g/mol. The average molecular weight is 201 g/mol. The Bertz CT molecular complexity index is 495. The Hall–Kier alpha value is -1.90. The van der Waals surface area contributed by atoms with Crippen molar-refractivity contribution in [2.75, 3.05) is 0 Å². The molecule has 15 heavy (non-hydrogen) atoms. The van der Waals surface area contributed by atoms with Gasteiger partial charge in [-0.25, -0.2) is 4.98 Å². The lowest BCUT2D eigenvalue weighted by molar-refractivity contribution is -0.896. The Morgan fingerprint density at radius 1 is 1.13 bits per heavy atom.